The first-order valence-corrected chi connectivity index (χ1v) is 9.13. The van der Waals surface area contributed by atoms with Crippen molar-refractivity contribution in [2.45, 2.75) is 19.8 Å². The number of para-hydroxylation sites is 1. The number of hydrogen-bond acceptors (Lipinski definition) is 5. The molecule has 2 aromatic carbocycles. The normalized spacial score (nSPS) is 12.1. The fraction of sp³-hybridized carbons (Fsp3) is 0.182. The van der Waals surface area contributed by atoms with E-state index in [0.29, 0.717) is 23.0 Å². The van der Waals surface area contributed by atoms with Crippen molar-refractivity contribution in [3.8, 4) is 11.5 Å². The zero-order valence-electron chi connectivity index (χ0n) is 15.7. The van der Waals surface area contributed by atoms with Crippen molar-refractivity contribution in [2.75, 3.05) is 17.4 Å². The molecule has 0 radical (unpaired) electrons. The van der Waals surface area contributed by atoms with E-state index in [9.17, 15) is 4.79 Å². The van der Waals surface area contributed by atoms with E-state index < -0.39 is 0 Å². The number of rotatable bonds is 5. The Balaban J connectivity index is 1.51. The molecule has 2 heterocycles. The number of benzene rings is 2. The molecule has 6 heteroatoms. The van der Waals surface area contributed by atoms with Gasteiger partial charge < -0.3 is 20.1 Å². The largest absolute Gasteiger partial charge is 0.454 e. The molecule has 0 bridgehead atoms. The monoisotopic (exact) mass is 375 g/mol. The van der Waals surface area contributed by atoms with Crippen LogP contribution in [-0.2, 0) is 0 Å². The van der Waals surface area contributed by atoms with Crippen LogP contribution in [0.1, 0.15) is 35.7 Å². The molecule has 0 saturated carbocycles. The highest BCUT2D eigenvalue weighted by atomic mass is 16.7. The van der Waals surface area contributed by atoms with E-state index in [1.165, 1.54) is 0 Å². The number of amides is 1. The van der Waals surface area contributed by atoms with Crippen LogP contribution in [0.3, 0.4) is 0 Å². The summed E-state index contributed by atoms with van der Waals surface area (Å²) in [7, 11) is 0. The van der Waals surface area contributed by atoms with Gasteiger partial charge in [0, 0.05) is 29.2 Å². The fourth-order valence-electron chi connectivity index (χ4n) is 3.07. The van der Waals surface area contributed by atoms with Crippen LogP contribution in [0.25, 0.3) is 0 Å². The molecule has 0 atom stereocenters. The zero-order valence-corrected chi connectivity index (χ0v) is 15.7. The van der Waals surface area contributed by atoms with Crippen molar-refractivity contribution in [2.24, 2.45) is 0 Å². The van der Waals surface area contributed by atoms with Gasteiger partial charge in [-0.3, -0.25) is 4.79 Å². The van der Waals surface area contributed by atoms with Gasteiger partial charge in [0.05, 0.1) is 0 Å². The molecule has 3 aromatic rings. The summed E-state index contributed by atoms with van der Waals surface area (Å²) in [5.74, 6) is 2.12. The van der Waals surface area contributed by atoms with Crippen LogP contribution < -0.4 is 20.1 Å². The Morgan fingerprint density at radius 1 is 1.04 bits per heavy atom. The molecule has 1 aliphatic rings. The minimum absolute atomic E-state index is 0.177. The van der Waals surface area contributed by atoms with E-state index in [0.717, 1.165) is 22.7 Å². The van der Waals surface area contributed by atoms with Crippen molar-refractivity contribution in [3.63, 3.8) is 0 Å². The minimum atomic E-state index is -0.177. The number of ether oxygens (including phenoxy) is 2. The summed E-state index contributed by atoms with van der Waals surface area (Å²) in [4.78, 5) is 17.0. The number of hydrogen-bond donors (Lipinski definition) is 2. The van der Waals surface area contributed by atoms with Gasteiger partial charge in [-0.25, -0.2) is 4.98 Å². The first-order valence-electron chi connectivity index (χ1n) is 9.13. The summed E-state index contributed by atoms with van der Waals surface area (Å²) in [5, 5.41) is 6.20. The smallest absolute Gasteiger partial charge is 0.255 e. The molecule has 0 saturated heterocycles. The first-order chi connectivity index (χ1) is 13.6. The summed E-state index contributed by atoms with van der Waals surface area (Å²) in [6, 6.07) is 16.8. The van der Waals surface area contributed by atoms with Crippen molar-refractivity contribution in [1.29, 1.82) is 0 Å². The number of nitrogens with one attached hydrogen (secondary N) is 2. The average Bonchev–Trinajstić information content (AvgIpc) is 3.16. The lowest BCUT2D eigenvalue weighted by Crippen LogP contribution is -2.14. The van der Waals surface area contributed by atoms with Crippen LogP contribution in [0, 0.1) is 0 Å². The SMILES string of the molecule is CC(C)c1ccccc1NC(=O)c1ccnc(Nc2ccc3c(c2)OCO3)c1. The second kappa shape index (κ2) is 7.60. The van der Waals surface area contributed by atoms with Gasteiger partial charge in [-0.1, -0.05) is 32.0 Å². The van der Waals surface area contributed by atoms with Crippen molar-refractivity contribution >= 4 is 23.1 Å². The Labute approximate surface area is 163 Å². The Hall–Kier alpha value is -3.54. The molecule has 2 N–H and O–H groups in total. The number of nitrogens with zero attached hydrogens (tertiary/aromatic N) is 1. The molecule has 1 amide bonds. The van der Waals surface area contributed by atoms with Crippen LogP contribution in [0.15, 0.2) is 60.8 Å². The molecule has 1 aromatic heterocycles. The molecule has 4 rings (SSSR count). The summed E-state index contributed by atoms with van der Waals surface area (Å²) in [6.45, 7) is 4.43. The third kappa shape index (κ3) is 3.76. The van der Waals surface area contributed by atoms with Gasteiger partial charge in [0.25, 0.3) is 5.91 Å². The quantitative estimate of drug-likeness (QED) is 0.661. The fourth-order valence-corrected chi connectivity index (χ4v) is 3.07. The van der Waals surface area contributed by atoms with Crippen LogP contribution in [0.5, 0.6) is 11.5 Å². The van der Waals surface area contributed by atoms with Crippen LogP contribution >= 0.6 is 0 Å². The molecule has 28 heavy (non-hydrogen) atoms. The molecular weight excluding hydrogens is 354 g/mol. The highest BCUT2D eigenvalue weighted by molar-refractivity contribution is 6.05. The molecule has 0 unspecified atom stereocenters. The van der Waals surface area contributed by atoms with Crippen molar-refractivity contribution in [1.82, 2.24) is 4.98 Å². The predicted octanol–water partition coefficient (Wildman–Crippen LogP) is 4.93. The summed E-state index contributed by atoms with van der Waals surface area (Å²) in [5.41, 5.74) is 3.25. The molecule has 0 fully saturated rings. The molecule has 142 valence electrons. The predicted molar refractivity (Wildman–Crippen MR) is 109 cm³/mol. The lowest BCUT2D eigenvalue weighted by molar-refractivity contribution is 0.102. The minimum Gasteiger partial charge on any atom is -0.454 e. The maximum Gasteiger partial charge on any atom is 0.255 e. The lowest BCUT2D eigenvalue weighted by atomic mass is 10.0. The summed E-state index contributed by atoms with van der Waals surface area (Å²) < 4.78 is 10.7. The van der Waals surface area contributed by atoms with Gasteiger partial charge >= 0.3 is 0 Å². The van der Waals surface area contributed by atoms with Crippen molar-refractivity contribution < 1.29 is 14.3 Å². The van der Waals surface area contributed by atoms with E-state index in [1.807, 2.05) is 42.5 Å². The molecule has 0 spiro atoms. The molecule has 0 aliphatic carbocycles. The van der Waals surface area contributed by atoms with Gasteiger partial charge in [-0.05, 0) is 41.8 Å². The van der Waals surface area contributed by atoms with Gasteiger partial charge in [0.15, 0.2) is 11.5 Å². The van der Waals surface area contributed by atoms with E-state index in [-0.39, 0.29) is 12.7 Å². The second-order valence-electron chi connectivity index (χ2n) is 6.82. The summed E-state index contributed by atoms with van der Waals surface area (Å²) in [6.07, 6.45) is 1.61. The second-order valence-corrected chi connectivity index (χ2v) is 6.82. The third-order valence-electron chi connectivity index (χ3n) is 4.50. The number of anilines is 3. The van der Waals surface area contributed by atoms with E-state index in [1.54, 1.807) is 18.3 Å². The van der Waals surface area contributed by atoms with Gasteiger partial charge in [0.2, 0.25) is 6.79 Å². The number of aromatic nitrogens is 1. The Bertz CT molecular complexity index is 1020. The van der Waals surface area contributed by atoms with Crippen LogP contribution in [-0.4, -0.2) is 17.7 Å². The van der Waals surface area contributed by atoms with Gasteiger partial charge in [0.1, 0.15) is 5.82 Å². The summed E-state index contributed by atoms with van der Waals surface area (Å²) >= 11 is 0. The molecular formula is C22H21N3O3. The van der Waals surface area contributed by atoms with E-state index >= 15 is 0 Å². The standard InChI is InChI=1S/C22H21N3O3/c1-14(2)17-5-3-4-6-18(17)25-22(26)15-9-10-23-21(11-15)24-16-7-8-19-20(12-16)28-13-27-19/h3-12,14H,13H2,1-2H3,(H,23,24)(H,25,26). The van der Waals surface area contributed by atoms with Crippen LogP contribution in [0.4, 0.5) is 17.2 Å². The molecule has 1 aliphatic heterocycles. The number of carbonyl (C=O) groups excluding carboxylic acids is 1. The Morgan fingerprint density at radius 3 is 2.71 bits per heavy atom. The highest BCUT2D eigenvalue weighted by Crippen LogP contribution is 2.35. The van der Waals surface area contributed by atoms with Crippen LogP contribution in [0.2, 0.25) is 0 Å². The van der Waals surface area contributed by atoms with E-state index in [4.69, 9.17) is 9.47 Å². The van der Waals surface area contributed by atoms with Gasteiger partial charge in [-0.15, -0.1) is 0 Å². The first kappa shape index (κ1) is 17.9. The lowest BCUT2D eigenvalue weighted by Gasteiger charge is -2.14. The number of pyridine rings is 1. The zero-order chi connectivity index (χ0) is 19.5. The number of carbonyl (C=O) groups is 1. The number of fused-ring (bicyclic) bond motifs is 1. The van der Waals surface area contributed by atoms with E-state index in [2.05, 4.69) is 29.5 Å². The Kier molecular flexibility index (Phi) is 4.85. The third-order valence-corrected chi connectivity index (χ3v) is 4.50. The average molecular weight is 375 g/mol. The Morgan fingerprint density at radius 2 is 1.86 bits per heavy atom. The maximum absolute atomic E-state index is 12.7. The topological polar surface area (TPSA) is 72.5 Å². The highest BCUT2D eigenvalue weighted by Gasteiger charge is 2.14. The maximum atomic E-state index is 12.7. The van der Waals surface area contributed by atoms with Crippen molar-refractivity contribution in [3.05, 3.63) is 71.9 Å². The molecule has 6 nitrogen and oxygen atoms in total. The van der Waals surface area contributed by atoms with Gasteiger partial charge in [-0.2, -0.15) is 0 Å².